The Labute approximate surface area is 116 Å². The third-order valence-electron chi connectivity index (χ3n) is 2.65. The van der Waals surface area contributed by atoms with Crippen LogP contribution in [0.2, 0.25) is 0 Å². The van der Waals surface area contributed by atoms with Crippen molar-refractivity contribution in [3.63, 3.8) is 0 Å². The predicted octanol–water partition coefficient (Wildman–Crippen LogP) is 3.15. The molecule has 0 spiro atoms. The number of rotatable bonds is 6. The maximum absolute atomic E-state index is 13.1. The van der Waals surface area contributed by atoms with Crippen LogP contribution in [0.4, 0.5) is 4.39 Å². The Bertz CT molecular complexity index is 544. The lowest BCUT2D eigenvalue weighted by Gasteiger charge is -2.10. The number of aromatic nitrogens is 3. The van der Waals surface area contributed by atoms with E-state index in [0.717, 1.165) is 18.8 Å². The van der Waals surface area contributed by atoms with Gasteiger partial charge in [-0.25, -0.2) is 14.1 Å². The van der Waals surface area contributed by atoms with E-state index in [0.29, 0.717) is 11.3 Å². The van der Waals surface area contributed by atoms with Gasteiger partial charge in [0.2, 0.25) is 0 Å². The fourth-order valence-electron chi connectivity index (χ4n) is 1.73. The summed E-state index contributed by atoms with van der Waals surface area (Å²) in [5.74, 6) is 1.20. The second-order valence-corrected chi connectivity index (χ2v) is 4.34. The average molecular weight is 284 g/mol. The monoisotopic (exact) mass is 283 g/mol. The molecule has 0 saturated heterocycles. The number of hydrogen-bond acceptors (Lipinski definition) is 3. The van der Waals surface area contributed by atoms with Gasteiger partial charge in [-0.05, 0) is 24.6 Å². The molecule has 0 aliphatic carbocycles. The highest BCUT2D eigenvalue weighted by Gasteiger charge is 2.08. The molecule has 2 aromatic rings. The first-order chi connectivity index (χ1) is 9.24. The Hall–Kier alpha value is -1.62. The summed E-state index contributed by atoms with van der Waals surface area (Å²) in [4.78, 5) is 4.14. The molecule has 1 aromatic carbocycles. The molecular weight excluding hydrogens is 269 g/mol. The van der Waals surface area contributed by atoms with Crippen molar-refractivity contribution >= 4 is 11.6 Å². The average Bonchev–Trinajstić information content (AvgIpc) is 2.85. The predicted molar refractivity (Wildman–Crippen MR) is 70.6 cm³/mol. The summed E-state index contributed by atoms with van der Waals surface area (Å²) in [7, 11) is 0. The van der Waals surface area contributed by atoms with Crippen molar-refractivity contribution in [1.29, 1.82) is 0 Å². The molecule has 1 heterocycles. The molecule has 0 aliphatic rings. The van der Waals surface area contributed by atoms with Gasteiger partial charge in [-0.1, -0.05) is 6.92 Å². The lowest BCUT2D eigenvalue weighted by atomic mass is 10.2. The van der Waals surface area contributed by atoms with Gasteiger partial charge in [-0.15, -0.1) is 11.6 Å². The number of benzene rings is 1. The molecule has 0 unspecified atom stereocenters. The quantitative estimate of drug-likeness (QED) is 0.765. The van der Waals surface area contributed by atoms with Crippen molar-refractivity contribution in [3.8, 4) is 5.75 Å². The second kappa shape index (κ2) is 6.52. The van der Waals surface area contributed by atoms with Gasteiger partial charge < -0.3 is 4.74 Å². The molecule has 0 saturated carbocycles. The van der Waals surface area contributed by atoms with Gasteiger partial charge in [-0.2, -0.15) is 5.10 Å². The van der Waals surface area contributed by atoms with E-state index < -0.39 is 0 Å². The zero-order valence-electron chi connectivity index (χ0n) is 10.6. The fourth-order valence-corrected chi connectivity index (χ4v) is 1.94. The molecule has 6 heteroatoms. The van der Waals surface area contributed by atoms with Crippen LogP contribution in [0.3, 0.4) is 0 Å². The van der Waals surface area contributed by atoms with Crippen LogP contribution in [-0.2, 0) is 19.0 Å². The summed E-state index contributed by atoms with van der Waals surface area (Å²) < 4.78 is 20.5. The number of alkyl halides is 1. The van der Waals surface area contributed by atoms with Gasteiger partial charge in [0.1, 0.15) is 24.5 Å². The van der Waals surface area contributed by atoms with E-state index in [9.17, 15) is 4.39 Å². The molecule has 2 rings (SSSR count). The van der Waals surface area contributed by atoms with Gasteiger partial charge in [-0.3, -0.25) is 0 Å². The molecule has 0 amide bonds. The first kappa shape index (κ1) is 13.8. The normalized spacial score (nSPS) is 10.7. The summed E-state index contributed by atoms with van der Waals surface area (Å²) in [5, 5.41) is 4.11. The molecular formula is C13H15ClFN3O. The van der Waals surface area contributed by atoms with Crippen molar-refractivity contribution in [2.75, 3.05) is 0 Å². The minimum atomic E-state index is -0.322. The summed E-state index contributed by atoms with van der Waals surface area (Å²) in [5.41, 5.74) is 0.628. The number of ether oxygens (including phenoxy) is 1. The zero-order valence-corrected chi connectivity index (χ0v) is 11.4. The summed E-state index contributed by atoms with van der Waals surface area (Å²) in [6, 6.07) is 4.30. The Morgan fingerprint density at radius 3 is 3.00 bits per heavy atom. The minimum Gasteiger partial charge on any atom is -0.485 e. The van der Waals surface area contributed by atoms with Crippen molar-refractivity contribution in [1.82, 2.24) is 14.8 Å². The standard InChI is InChI=1S/C13H15ClFN3O/c1-2-5-18-13(16-9-17-18)8-19-12-4-3-11(15)6-10(12)7-14/h3-4,6,9H,2,5,7-8H2,1H3. The number of aryl methyl sites for hydroxylation is 1. The highest BCUT2D eigenvalue weighted by Crippen LogP contribution is 2.22. The summed E-state index contributed by atoms with van der Waals surface area (Å²) >= 11 is 5.77. The lowest BCUT2D eigenvalue weighted by Crippen LogP contribution is -2.09. The molecule has 4 nitrogen and oxygen atoms in total. The molecule has 0 atom stereocenters. The Morgan fingerprint density at radius 1 is 1.42 bits per heavy atom. The van der Waals surface area contributed by atoms with E-state index >= 15 is 0 Å². The Balaban J connectivity index is 2.07. The maximum Gasteiger partial charge on any atom is 0.164 e. The zero-order chi connectivity index (χ0) is 13.7. The van der Waals surface area contributed by atoms with Crippen LogP contribution in [0.25, 0.3) is 0 Å². The summed E-state index contributed by atoms with van der Waals surface area (Å²) in [6.07, 6.45) is 2.47. The third kappa shape index (κ3) is 3.44. The molecule has 0 bridgehead atoms. The highest BCUT2D eigenvalue weighted by atomic mass is 35.5. The molecule has 102 valence electrons. The van der Waals surface area contributed by atoms with E-state index in [4.69, 9.17) is 16.3 Å². The summed E-state index contributed by atoms with van der Waals surface area (Å²) in [6.45, 7) is 3.15. The number of hydrogen-bond donors (Lipinski definition) is 0. The van der Waals surface area contributed by atoms with E-state index in [1.165, 1.54) is 18.5 Å². The van der Waals surface area contributed by atoms with Crippen LogP contribution in [0, 0.1) is 5.82 Å². The van der Waals surface area contributed by atoms with Gasteiger partial charge in [0.05, 0.1) is 5.88 Å². The third-order valence-corrected chi connectivity index (χ3v) is 2.94. The lowest BCUT2D eigenvalue weighted by molar-refractivity contribution is 0.283. The van der Waals surface area contributed by atoms with Gasteiger partial charge in [0.15, 0.2) is 5.82 Å². The first-order valence-electron chi connectivity index (χ1n) is 6.08. The molecule has 0 aliphatic heterocycles. The molecule has 1 aromatic heterocycles. The highest BCUT2D eigenvalue weighted by molar-refractivity contribution is 6.17. The van der Waals surface area contributed by atoms with Crippen LogP contribution < -0.4 is 4.74 Å². The first-order valence-corrected chi connectivity index (χ1v) is 6.62. The molecule has 19 heavy (non-hydrogen) atoms. The maximum atomic E-state index is 13.1. The molecule has 0 radical (unpaired) electrons. The van der Waals surface area contributed by atoms with E-state index in [2.05, 4.69) is 17.0 Å². The van der Waals surface area contributed by atoms with Gasteiger partial charge in [0.25, 0.3) is 0 Å². The smallest absolute Gasteiger partial charge is 0.164 e. The fraction of sp³-hybridized carbons (Fsp3) is 0.385. The van der Waals surface area contributed by atoms with Crippen LogP contribution >= 0.6 is 11.6 Å². The molecule has 0 fully saturated rings. The Kier molecular flexibility index (Phi) is 4.74. The van der Waals surface area contributed by atoms with E-state index in [1.54, 1.807) is 10.7 Å². The number of nitrogens with zero attached hydrogens (tertiary/aromatic N) is 3. The van der Waals surface area contributed by atoms with Crippen LogP contribution in [0.1, 0.15) is 24.7 Å². The minimum absolute atomic E-state index is 0.203. The van der Waals surface area contributed by atoms with Gasteiger partial charge >= 0.3 is 0 Å². The topological polar surface area (TPSA) is 39.9 Å². The van der Waals surface area contributed by atoms with Crippen molar-refractivity contribution in [2.24, 2.45) is 0 Å². The van der Waals surface area contributed by atoms with Crippen molar-refractivity contribution < 1.29 is 9.13 Å². The SMILES string of the molecule is CCCn1ncnc1COc1ccc(F)cc1CCl. The van der Waals surface area contributed by atoms with Crippen molar-refractivity contribution in [3.05, 3.63) is 41.7 Å². The van der Waals surface area contributed by atoms with Crippen LogP contribution in [0.5, 0.6) is 5.75 Å². The van der Waals surface area contributed by atoms with E-state index in [1.807, 2.05) is 0 Å². The second-order valence-electron chi connectivity index (χ2n) is 4.07. The molecule has 0 N–H and O–H groups in total. The van der Waals surface area contributed by atoms with Crippen LogP contribution in [0.15, 0.2) is 24.5 Å². The van der Waals surface area contributed by atoms with E-state index in [-0.39, 0.29) is 18.3 Å². The van der Waals surface area contributed by atoms with Crippen LogP contribution in [-0.4, -0.2) is 14.8 Å². The number of halogens is 2. The largest absolute Gasteiger partial charge is 0.485 e. The van der Waals surface area contributed by atoms with Gasteiger partial charge in [0, 0.05) is 12.1 Å². The van der Waals surface area contributed by atoms with Crippen molar-refractivity contribution in [2.45, 2.75) is 32.4 Å². The Morgan fingerprint density at radius 2 is 2.26 bits per heavy atom.